The van der Waals surface area contributed by atoms with Crippen LogP contribution in [-0.2, 0) is 11.3 Å². The van der Waals surface area contributed by atoms with Gasteiger partial charge in [-0.05, 0) is 37.6 Å². The number of alkyl halides is 2. The summed E-state index contributed by atoms with van der Waals surface area (Å²) >= 11 is 5.86. The van der Waals surface area contributed by atoms with Crippen molar-refractivity contribution in [3.63, 3.8) is 0 Å². The van der Waals surface area contributed by atoms with Crippen molar-refractivity contribution in [3.8, 4) is 0 Å². The van der Waals surface area contributed by atoms with Crippen LogP contribution in [0.25, 0.3) is 0 Å². The van der Waals surface area contributed by atoms with Gasteiger partial charge in [-0.25, -0.2) is 18.4 Å². The summed E-state index contributed by atoms with van der Waals surface area (Å²) in [6.07, 6.45) is -1.20. The fourth-order valence-electron chi connectivity index (χ4n) is 2.54. The number of benzene rings is 1. The van der Waals surface area contributed by atoms with Crippen molar-refractivity contribution in [2.24, 2.45) is 0 Å². The van der Waals surface area contributed by atoms with Crippen LogP contribution in [0, 0.1) is 6.92 Å². The van der Waals surface area contributed by atoms with Gasteiger partial charge < -0.3 is 0 Å². The Kier molecular flexibility index (Phi) is 5.50. The third-order valence-corrected chi connectivity index (χ3v) is 4.19. The van der Waals surface area contributed by atoms with E-state index in [1.54, 1.807) is 30.7 Å². The number of anilines is 1. The largest absolute Gasteiger partial charge is 0.291 e. The Morgan fingerprint density at radius 1 is 1.26 bits per heavy atom. The molecular formula is C17H17ClF2N6O. The number of aromatic nitrogens is 5. The number of amides is 1. The quantitative estimate of drug-likeness (QED) is 0.692. The first-order chi connectivity index (χ1) is 12.8. The minimum atomic E-state index is -2.69. The van der Waals surface area contributed by atoms with Crippen molar-refractivity contribution in [2.45, 2.75) is 32.9 Å². The summed E-state index contributed by atoms with van der Waals surface area (Å²) in [5, 5.41) is 11.2. The molecule has 0 bridgehead atoms. The number of carbonyl (C=O) groups is 1. The van der Waals surface area contributed by atoms with Gasteiger partial charge in [0.1, 0.15) is 18.1 Å². The second-order valence-electron chi connectivity index (χ2n) is 6.01. The molecule has 1 aromatic carbocycles. The number of aryl methyl sites for hydroxylation is 1. The Hall–Kier alpha value is -2.81. The van der Waals surface area contributed by atoms with Crippen LogP contribution in [0.2, 0.25) is 5.02 Å². The van der Waals surface area contributed by atoms with Gasteiger partial charge in [-0.15, -0.1) is 5.10 Å². The molecular weight excluding hydrogens is 378 g/mol. The highest BCUT2D eigenvalue weighted by atomic mass is 35.5. The number of halogens is 3. The average molecular weight is 395 g/mol. The smallest absolute Gasteiger partial charge is 0.282 e. The fourth-order valence-corrected chi connectivity index (χ4v) is 2.67. The van der Waals surface area contributed by atoms with Crippen molar-refractivity contribution in [2.75, 3.05) is 5.32 Å². The molecule has 1 amide bonds. The molecule has 10 heteroatoms. The van der Waals surface area contributed by atoms with E-state index in [1.165, 1.54) is 17.1 Å². The van der Waals surface area contributed by atoms with E-state index in [1.807, 2.05) is 12.1 Å². The predicted octanol–water partition coefficient (Wildman–Crippen LogP) is 3.62. The lowest BCUT2D eigenvalue weighted by atomic mass is 10.2. The SMILES string of the molecule is Cc1cc(C(F)F)nn1C(C)C(=O)Nc1ncn(Cc2ccc(Cl)cc2)n1. The van der Waals surface area contributed by atoms with Crippen molar-refractivity contribution >= 4 is 23.5 Å². The average Bonchev–Trinajstić information content (AvgIpc) is 3.23. The summed E-state index contributed by atoms with van der Waals surface area (Å²) in [7, 11) is 0. The molecule has 142 valence electrons. The van der Waals surface area contributed by atoms with E-state index in [0.717, 1.165) is 5.56 Å². The summed E-state index contributed by atoms with van der Waals surface area (Å²) in [5.41, 5.74) is 1.08. The topological polar surface area (TPSA) is 77.6 Å². The van der Waals surface area contributed by atoms with Gasteiger partial charge in [0.25, 0.3) is 12.3 Å². The predicted molar refractivity (Wildman–Crippen MR) is 95.8 cm³/mol. The lowest BCUT2D eigenvalue weighted by Crippen LogP contribution is -2.26. The lowest BCUT2D eigenvalue weighted by molar-refractivity contribution is -0.119. The van der Waals surface area contributed by atoms with Crippen molar-refractivity contribution in [3.05, 3.63) is 58.6 Å². The summed E-state index contributed by atoms with van der Waals surface area (Å²) in [4.78, 5) is 16.4. The highest BCUT2D eigenvalue weighted by Gasteiger charge is 2.22. The van der Waals surface area contributed by atoms with E-state index in [4.69, 9.17) is 11.6 Å². The molecule has 1 N–H and O–H groups in total. The molecule has 1 unspecified atom stereocenters. The first kappa shape index (κ1) is 19.0. The molecule has 2 heterocycles. The summed E-state index contributed by atoms with van der Waals surface area (Å²) in [6.45, 7) is 3.64. The second-order valence-corrected chi connectivity index (χ2v) is 6.45. The Labute approximate surface area is 159 Å². The lowest BCUT2D eigenvalue weighted by Gasteiger charge is -2.12. The minimum Gasteiger partial charge on any atom is -0.291 e. The van der Waals surface area contributed by atoms with Crippen molar-refractivity contribution in [1.29, 1.82) is 0 Å². The molecule has 0 radical (unpaired) electrons. The summed E-state index contributed by atoms with van der Waals surface area (Å²) in [5.74, 6) is -0.328. The van der Waals surface area contributed by atoms with Crippen LogP contribution in [0.5, 0.6) is 0 Å². The van der Waals surface area contributed by atoms with E-state index in [2.05, 4.69) is 20.5 Å². The van der Waals surface area contributed by atoms with Crippen LogP contribution in [-0.4, -0.2) is 30.5 Å². The first-order valence-corrected chi connectivity index (χ1v) is 8.50. The maximum Gasteiger partial charge on any atom is 0.282 e. The minimum absolute atomic E-state index is 0.125. The normalized spacial score (nSPS) is 12.4. The molecule has 0 aliphatic heterocycles. The zero-order valence-corrected chi connectivity index (χ0v) is 15.4. The second kappa shape index (κ2) is 7.83. The molecule has 0 saturated carbocycles. The van der Waals surface area contributed by atoms with Gasteiger partial charge in [0.05, 0.1) is 6.54 Å². The Balaban J connectivity index is 1.65. The highest BCUT2D eigenvalue weighted by molar-refractivity contribution is 6.30. The van der Waals surface area contributed by atoms with Gasteiger partial charge in [0.15, 0.2) is 0 Å². The van der Waals surface area contributed by atoms with Crippen molar-refractivity contribution in [1.82, 2.24) is 24.5 Å². The van der Waals surface area contributed by atoms with Crippen LogP contribution in [0.1, 0.15) is 36.3 Å². The van der Waals surface area contributed by atoms with Crippen LogP contribution in [0.4, 0.5) is 14.7 Å². The molecule has 1 atom stereocenters. The van der Waals surface area contributed by atoms with E-state index >= 15 is 0 Å². The van der Waals surface area contributed by atoms with Crippen LogP contribution in [0.15, 0.2) is 36.7 Å². The Morgan fingerprint density at radius 3 is 2.59 bits per heavy atom. The first-order valence-electron chi connectivity index (χ1n) is 8.12. The number of rotatable bonds is 6. The number of carbonyl (C=O) groups excluding carboxylic acids is 1. The van der Waals surface area contributed by atoms with Crippen molar-refractivity contribution < 1.29 is 13.6 Å². The molecule has 2 aromatic heterocycles. The summed E-state index contributed by atoms with van der Waals surface area (Å²) in [6, 6.07) is 7.75. The van der Waals surface area contributed by atoms with E-state index in [0.29, 0.717) is 17.3 Å². The molecule has 0 aliphatic rings. The third-order valence-electron chi connectivity index (χ3n) is 3.94. The zero-order chi connectivity index (χ0) is 19.6. The Morgan fingerprint density at radius 2 is 1.96 bits per heavy atom. The van der Waals surface area contributed by atoms with Gasteiger partial charge in [0, 0.05) is 10.7 Å². The third kappa shape index (κ3) is 4.48. The molecule has 3 aromatic rings. The number of hydrogen-bond donors (Lipinski definition) is 1. The van der Waals surface area contributed by atoms with Crippen LogP contribution >= 0.6 is 11.6 Å². The maximum absolute atomic E-state index is 12.8. The van der Waals surface area contributed by atoms with Gasteiger partial charge in [-0.2, -0.15) is 5.10 Å². The number of nitrogens with zero attached hydrogens (tertiary/aromatic N) is 5. The number of nitrogens with one attached hydrogen (secondary N) is 1. The molecule has 0 aliphatic carbocycles. The molecule has 0 fully saturated rings. The zero-order valence-electron chi connectivity index (χ0n) is 14.6. The van der Waals surface area contributed by atoms with E-state index < -0.39 is 18.4 Å². The monoisotopic (exact) mass is 394 g/mol. The Bertz CT molecular complexity index is 937. The highest BCUT2D eigenvalue weighted by Crippen LogP contribution is 2.21. The van der Waals surface area contributed by atoms with Gasteiger partial charge in [-0.1, -0.05) is 23.7 Å². The number of hydrogen-bond acceptors (Lipinski definition) is 4. The standard InChI is InChI=1S/C17H17ClF2N6O/c1-10-7-14(15(19)20)23-26(10)11(2)16(27)22-17-21-9-25(24-17)8-12-3-5-13(18)6-4-12/h3-7,9,11,15H,8H2,1-2H3,(H,22,24,27). The molecule has 7 nitrogen and oxygen atoms in total. The fraction of sp³-hybridized carbons (Fsp3) is 0.294. The summed E-state index contributed by atoms with van der Waals surface area (Å²) < 4.78 is 28.4. The van der Waals surface area contributed by atoms with Gasteiger partial charge >= 0.3 is 0 Å². The van der Waals surface area contributed by atoms with E-state index in [9.17, 15) is 13.6 Å². The molecule has 0 saturated heterocycles. The maximum atomic E-state index is 12.8. The van der Waals surface area contributed by atoms with E-state index in [-0.39, 0.29) is 11.6 Å². The molecule has 0 spiro atoms. The van der Waals surface area contributed by atoms with Gasteiger partial charge in [0.2, 0.25) is 5.95 Å². The van der Waals surface area contributed by atoms with Gasteiger partial charge in [-0.3, -0.25) is 14.8 Å². The van der Waals surface area contributed by atoms with Crippen LogP contribution in [0.3, 0.4) is 0 Å². The van der Waals surface area contributed by atoms with Crippen LogP contribution < -0.4 is 5.32 Å². The molecule has 3 rings (SSSR count). The molecule has 27 heavy (non-hydrogen) atoms.